The second-order valence-corrected chi connectivity index (χ2v) is 6.05. The molecule has 0 radical (unpaired) electrons. The van der Waals surface area contributed by atoms with Crippen molar-refractivity contribution in [2.24, 2.45) is 0 Å². The Morgan fingerprint density at radius 3 is 2.61 bits per heavy atom. The third-order valence-corrected chi connectivity index (χ3v) is 4.61. The van der Waals surface area contributed by atoms with E-state index in [2.05, 4.69) is 20.9 Å². The van der Waals surface area contributed by atoms with Crippen molar-refractivity contribution in [1.29, 1.82) is 0 Å². The van der Waals surface area contributed by atoms with Crippen LogP contribution in [0.4, 0.5) is 0 Å². The molecule has 0 bridgehead atoms. The normalized spacial score (nSPS) is 16.9. The van der Waals surface area contributed by atoms with Crippen molar-refractivity contribution in [2.75, 3.05) is 6.79 Å². The average Bonchev–Trinajstić information content (AvgIpc) is 3.15. The lowest BCUT2D eigenvalue weighted by Gasteiger charge is -2.14. The standard InChI is InChI=1S/C14H10BBrN2O5/c1-15(21)18-13(19)11(12(16)14(18)20)7-4-17-8-3-10-9(2-6(7)8)22-5-23-10/h2-4,17,21H,5H2,1H3. The molecule has 2 aromatic rings. The van der Waals surface area contributed by atoms with Crippen LogP contribution < -0.4 is 9.47 Å². The van der Waals surface area contributed by atoms with E-state index in [0.717, 1.165) is 15.7 Å². The van der Waals surface area contributed by atoms with Crippen LogP contribution in [-0.4, -0.2) is 40.5 Å². The summed E-state index contributed by atoms with van der Waals surface area (Å²) in [5.41, 5.74) is 1.53. The van der Waals surface area contributed by atoms with E-state index in [1.165, 1.54) is 6.82 Å². The summed E-state index contributed by atoms with van der Waals surface area (Å²) in [5, 5.41) is 10.4. The summed E-state index contributed by atoms with van der Waals surface area (Å²) in [7, 11) is -1.20. The molecular formula is C14H10BBrN2O5. The Balaban J connectivity index is 1.90. The van der Waals surface area contributed by atoms with E-state index >= 15 is 0 Å². The van der Waals surface area contributed by atoms with Crippen LogP contribution in [0, 0.1) is 0 Å². The van der Waals surface area contributed by atoms with Gasteiger partial charge in [0.15, 0.2) is 11.5 Å². The molecule has 0 unspecified atom stereocenters. The van der Waals surface area contributed by atoms with Gasteiger partial charge in [-0.1, -0.05) is 0 Å². The number of aromatic amines is 1. The number of imide groups is 1. The van der Waals surface area contributed by atoms with E-state index in [9.17, 15) is 14.6 Å². The minimum Gasteiger partial charge on any atom is -0.454 e. The Kier molecular flexibility index (Phi) is 3.04. The second-order valence-electron chi connectivity index (χ2n) is 5.25. The molecule has 0 spiro atoms. The Hall–Kier alpha value is -2.26. The molecule has 23 heavy (non-hydrogen) atoms. The van der Waals surface area contributed by atoms with Gasteiger partial charge in [-0.3, -0.25) is 14.4 Å². The lowest BCUT2D eigenvalue weighted by molar-refractivity contribution is -0.131. The van der Waals surface area contributed by atoms with E-state index in [1.807, 2.05) is 0 Å². The zero-order chi connectivity index (χ0) is 16.3. The third kappa shape index (κ3) is 1.93. The molecule has 1 aromatic heterocycles. The topological polar surface area (TPSA) is 91.9 Å². The van der Waals surface area contributed by atoms with Crippen LogP contribution >= 0.6 is 15.9 Å². The summed E-state index contributed by atoms with van der Waals surface area (Å²) in [4.78, 5) is 28.6. The predicted molar refractivity (Wildman–Crippen MR) is 86.0 cm³/mol. The van der Waals surface area contributed by atoms with Gasteiger partial charge in [0.25, 0.3) is 11.8 Å². The summed E-state index contributed by atoms with van der Waals surface area (Å²) in [6, 6.07) is 3.54. The molecule has 2 aliphatic heterocycles. The van der Waals surface area contributed by atoms with Crippen molar-refractivity contribution >= 4 is 51.3 Å². The molecule has 2 N–H and O–H groups in total. The number of H-pyrrole nitrogens is 1. The maximum Gasteiger partial charge on any atom is 0.419 e. The van der Waals surface area contributed by atoms with Crippen LogP contribution in [0.5, 0.6) is 11.5 Å². The number of nitrogens with one attached hydrogen (secondary N) is 1. The van der Waals surface area contributed by atoms with E-state index in [0.29, 0.717) is 17.1 Å². The molecule has 0 saturated carbocycles. The summed E-state index contributed by atoms with van der Waals surface area (Å²) in [6.07, 6.45) is 1.65. The SMILES string of the molecule is CB(O)N1C(=O)C(Br)=C(c2c[nH]c3cc4c(cc23)OCO4)C1=O. The first-order chi connectivity index (χ1) is 11.0. The fourth-order valence-corrected chi connectivity index (χ4v) is 3.39. The van der Waals surface area contributed by atoms with Gasteiger partial charge in [0, 0.05) is 28.7 Å². The van der Waals surface area contributed by atoms with E-state index in [1.54, 1.807) is 18.3 Å². The van der Waals surface area contributed by atoms with Crippen LogP contribution in [0.1, 0.15) is 5.56 Å². The molecule has 2 aliphatic rings. The summed E-state index contributed by atoms with van der Waals surface area (Å²) in [5.74, 6) is 0.100. The average molecular weight is 377 g/mol. The van der Waals surface area contributed by atoms with E-state index in [4.69, 9.17) is 9.47 Å². The van der Waals surface area contributed by atoms with Gasteiger partial charge in [0.2, 0.25) is 6.79 Å². The number of aromatic nitrogens is 1. The number of nitrogens with zero attached hydrogens (tertiary/aromatic N) is 1. The molecule has 2 amide bonds. The number of carbonyl (C=O) groups is 2. The van der Waals surface area contributed by atoms with E-state index < -0.39 is 18.9 Å². The summed E-state index contributed by atoms with van der Waals surface area (Å²) in [6.45, 7) is 1.52. The molecule has 7 nitrogen and oxygen atoms in total. The lowest BCUT2D eigenvalue weighted by atomic mass is 9.85. The van der Waals surface area contributed by atoms with Crippen molar-refractivity contribution in [3.8, 4) is 11.5 Å². The summed E-state index contributed by atoms with van der Waals surface area (Å²) < 4.78 is 10.8. The minimum absolute atomic E-state index is 0.127. The Morgan fingerprint density at radius 1 is 1.26 bits per heavy atom. The highest BCUT2D eigenvalue weighted by Gasteiger charge is 2.42. The highest BCUT2D eigenvalue weighted by Crippen LogP contribution is 2.41. The maximum absolute atomic E-state index is 12.5. The quantitative estimate of drug-likeness (QED) is 0.611. The number of rotatable bonds is 2. The fourth-order valence-electron chi connectivity index (χ4n) is 2.81. The number of hydrogen-bond donors (Lipinski definition) is 2. The first kappa shape index (κ1) is 14.3. The highest BCUT2D eigenvalue weighted by atomic mass is 79.9. The van der Waals surface area contributed by atoms with Crippen molar-refractivity contribution < 1.29 is 24.1 Å². The zero-order valence-corrected chi connectivity index (χ0v) is 13.5. The molecule has 9 heteroatoms. The van der Waals surface area contributed by atoms with Gasteiger partial charge in [-0.05, 0) is 28.8 Å². The third-order valence-electron chi connectivity index (χ3n) is 3.88. The number of ether oxygens (including phenoxy) is 2. The molecule has 116 valence electrons. The van der Waals surface area contributed by atoms with Gasteiger partial charge in [-0.25, -0.2) is 0 Å². The number of carbonyl (C=O) groups excluding carboxylic acids is 2. The smallest absolute Gasteiger partial charge is 0.419 e. The molecule has 0 atom stereocenters. The van der Waals surface area contributed by atoms with Crippen LogP contribution in [-0.2, 0) is 9.59 Å². The zero-order valence-electron chi connectivity index (χ0n) is 11.9. The van der Waals surface area contributed by atoms with Gasteiger partial charge < -0.3 is 19.5 Å². The molecule has 0 saturated heterocycles. The Labute approximate surface area is 139 Å². The van der Waals surface area contributed by atoms with E-state index in [-0.39, 0.29) is 16.8 Å². The molecule has 0 aliphatic carbocycles. The van der Waals surface area contributed by atoms with Crippen LogP contribution in [0.3, 0.4) is 0 Å². The Morgan fingerprint density at radius 2 is 1.96 bits per heavy atom. The maximum atomic E-state index is 12.5. The van der Waals surface area contributed by atoms with Crippen LogP contribution in [0.15, 0.2) is 22.8 Å². The monoisotopic (exact) mass is 376 g/mol. The van der Waals surface area contributed by atoms with Gasteiger partial charge in [-0.15, -0.1) is 0 Å². The molecule has 0 fully saturated rings. The number of amides is 2. The molecular weight excluding hydrogens is 367 g/mol. The van der Waals surface area contributed by atoms with Gasteiger partial charge in [-0.2, -0.15) is 0 Å². The number of benzene rings is 1. The van der Waals surface area contributed by atoms with Crippen molar-refractivity contribution in [2.45, 2.75) is 6.82 Å². The first-order valence-corrected chi connectivity index (χ1v) is 7.65. The molecule has 1 aromatic carbocycles. The minimum atomic E-state index is -1.20. The van der Waals surface area contributed by atoms with Crippen molar-refractivity contribution in [3.63, 3.8) is 0 Å². The summed E-state index contributed by atoms with van der Waals surface area (Å²) >= 11 is 3.18. The predicted octanol–water partition coefficient (Wildman–Crippen LogP) is 1.48. The largest absolute Gasteiger partial charge is 0.454 e. The van der Waals surface area contributed by atoms with Gasteiger partial charge >= 0.3 is 7.05 Å². The molecule has 4 rings (SSSR count). The number of fused-ring (bicyclic) bond motifs is 2. The van der Waals surface area contributed by atoms with Crippen LogP contribution in [0.25, 0.3) is 16.5 Å². The number of halogens is 1. The highest BCUT2D eigenvalue weighted by molar-refractivity contribution is 9.12. The van der Waals surface area contributed by atoms with Crippen LogP contribution in [0.2, 0.25) is 6.82 Å². The lowest BCUT2D eigenvalue weighted by Crippen LogP contribution is -2.42. The van der Waals surface area contributed by atoms with Gasteiger partial charge in [0.05, 0.1) is 10.1 Å². The Bertz CT molecular complexity index is 904. The fraction of sp³-hybridized carbons (Fsp3) is 0.143. The molecule has 3 heterocycles. The second kappa shape index (κ2) is 4.87. The van der Waals surface area contributed by atoms with Crippen molar-refractivity contribution in [1.82, 2.24) is 9.79 Å². The van der Waals surface area contributed by atoms with Crippen molar-refractivity contribution in [3.05, 3.63) is 28.4 Å². The number of hydrogen-bond acceptors (Lipinski definition) is 5. The van der Waals surface area contributed by atoms with Gasteiger partial charge in [0.1, 0.15) is 0 Å². The first-order valence-electron chi connectivity index (χ1n) is 6.86.